The predicted octanol–water partition coefficient (Wildman–Crippen LogP) is 12.0. The monoisotopic (exact) mass is 1920 g/mol. The van der Waals surface area contributed by atoms with Crippen LogP contribution in [-0.4, -0.2) is 236 Å². The molecular weight excluding hydrogens is 1740 g/mol. The maximum Gasteiger partial charge on any atom is 0.0685 e. The molecule has 0 unspecified atom stereocenters. The summed E-state index contributed by atoms with van der Waals surface area (Å²) in [5, 5.41) is 178. The van der Waals surface area contributed by atoms with Gasteiger partial charge in [0.25, 0.3) is 0 Å². The van der Waals surface area contributed by atoms with Crippen molar-refractivity contribution in [3.05, 3.63) is 206 Å². The number of aliphatic hydroxyl groups excluding tert-OH is 18. The van der Waals surface area contributed by atoms with Crippen molar-refractivity contribution in [1.29, 1.82) is 0 Å². The average Bonchev–Trinajstić information content (AvgIpc) is 0.790. The van der Waals surface area contributed by atoms with Gasteiger partial charge in [-0.1, -0.05) is 156 Å². The first kappa shape index (κ1) is 110. The Kier molecular flexibility index (Phi) is 40.1. The number of fused-ring (bicyclic) bond motifs is 18. The van der Waals surface area contributed by atoms with Gasteiger partial charge in [-0.3, -0.25) is 29.4 Å². The lowest BCUT2D eigenvalue weighted by Gasteiger charge is -2.46. The van der Waals surface area contributed by atoms with Gasteiger partial charge in [-0.15, -0.1) is 0 Å². The van der Waals surface area contributed by atoms with Gasteiger partial charge < -0.3 is 91.9 Å². The molecule has 0 aliphatic carbocycles. The number of hydrogen-bond donors (Lipinski definition) is 18. The van der Waals surface area contributed by atoms with Crippen LogP contribution in [0.5, 0.6) is 0 Å². The summed E-state index contributed by atoms with van der Waals surface area (Å²) in [5.74, 6) is 5.82. The smallest absolute Gasteiger partial charge is 0.0685 e. The predicted molar refractivity (Wildman–Crippen MR) is 539 cm³/mol. The van der Waals surface area contributed by atoms with Gasteiger partial charge in [0.15, 0.2) is 0 Å². The minimum absolute atomic E-state index is 0.0311. The Morgan fingerprint density at radius 3 is 0.420 bits per heavy atom. The van der Waals surface area contributed by atoms with E-state index in [0.717, 1.165) is 261 Å². The molecular formula is C114H174N6O18. The van der Waals surface area contributed by atoms with Crippen LogP contribution in [0.2, 0.25) is 0 Å². The van der Waals surface area contributed by atoms with Crippen LogP contribution in [0.4, 0.5) is 0 Å². The molecule has 18 N–H and O–H groups in total. The Morgan fingerprint density at radius 1 is 0.196 bits per heavy atom. The number of rotatable bonds is 24. The van der Waals surface area contributed by atoms with Crippen molar-refractivity contribution in [1.82, 2.24) is 29.4 Å². The normalized spacial score (nSPS) is 27.8. The molecule has 24 nitrogen and oxygen atoms in total. The van der Waals surface area contributed by atoms with Crippen LogP contribution < -0.4 is 0 Å². The molecule has 0 radical (unpaired) electrons. The van der Waals surface area contributed by atoms with Gasteiger partial charge >= 0.3 is 0 Å². The number of hydrogen-bond acceptors (Lipinski definition) is 24. The summed E-state index contributed by atoms with van der Waals surface area (Å²) < 4.78 is 0. The zero-order valence-electron chi connectivity index (χ0n) is 85.2. The van der Waals surface area contributed by atoms with Crippen molar-refractivity contribution < 1.29 is 91.9 Å². The van der Waals surface area contributed by atoms with Crippen LogP contribution in [0.1, 0.15) is 330 Å². The van der Waals surface area contributed by atoms with Crippen molar-refractivity contribution in [2.45, 2.75) is 351 Å². The van der Waals surface area contributed by atoms with Gasteiger partial charge in [-0.05, 0) is 320 Å². The number of piperidine rings is 6. The fraction of sp³-hybridized carbons (Fsp3) is 0.684. The molecule has 12 heterocycles. The highest BCUT2D eigenvalue weighted by molar-refractivity contribution is 5.48. The van der Waals surface area contributed by atoms with Crippen molar-refractivity contribution >= 4 is 0 Å². The molecule has 6 saturated heterocycles. The molecule has 138 heavy (non-hydrogen) atoms. The van der Waals surface area contributed by atoms with E-state index in [1.807, 2.05) is 72.8 Å². The highest BCUT2D eigenvalue weighted by Gasteiger charge is 2.46. The van der Waals surface area contributed by atoms with E-state index >= 15 is 0 Å². The minimum atomic E-state index is -0.250. The number of aliphatic hydroxyl groups is 18. The lowest BCUT2D eigenvalue weighted by molar-refractivity contribution is -0.0192. The van der Waals surface area contributed by atoms with Gasteiger partial charge in [0.2, 0.25) is 0 Å². The van der Waals surface area contributed by atoms with E-state index in [0.29, 0.717) is 71.0 Å². The van der Waals surface area contributed by atoms with Crippen LogP contribution in [0, 0.1) is 71.0 Å². The molecule has 6 aromatic rings. The first-order chi connectivity index (χ1) is 66.2. The van der Waals surface area contributed by atoms with Gasteiger partial charge in [-0.25, -0.2) is 0 Å². The van der Waals surface area contributed by atoms with Gasteiger partial charge in [0.1, 0.15) is 0 Å². The summed E-state index contributed by atoms with van der Waals surface area (Å²) in [6.07, 6.45) is 15.4. The summed E-state index contributed by atoms with van der Waals surface area (Å²) in [6.45, 7) is 38.0. The van der Waals surface area contributed by atoms with Crippen LogP contribution >= 0.6 is 0 Å². The third-order valence-corrected chi connectivity index (χ3v) is 33.1. The summed E-state index contributed by atoms with van der Waals surface area (Å²) in [7, 11) is 0. The molecule has 24 heteroatoms. The van der Waals surface area contributed by atoms with Crippen LogP contribution in [-0.2, 0) is 118 Å². The molecule has 12 aliphatic heterocycles. The highest BCUT2D eigenvalue weighted by atomic mass is 16.3. The Hall–Kier alpha value is -5.64. The average molecular weight is 1920 g/mol. The molecule has 0 spiro atoms. The summed E-state index contributed by atoms with van der Waals surface area (Å²) in [4.78, 5) is 15.0. The lowest BCUT2D eigenvalue weighted by Crippen LogP contribution is -2.48. The topological polar surface area (TPSA) is 384 Å². The number of benzene rings is 6. The van der Waals surface area contributed by atoms with Crippen LogP contribution in [0.25, 0.3) is 0 Å². The molecule has 6 aromatic carbocycles. The summed E-state index contributed by atoms with van der Waals surface area (Å²) >= 11 is 0. The summed E-state index contributed by atoms with van der Waals surface area (Å²) in [5.41, 5.74) is 24.8. The molecule has 0 saturated carbocycles. The molecule has 18 atom stereocenters. The Bertz CT molecular complexity index is 4120. The quantitative estimate of drug-likeness (QED) is 0.0268. The van der Waals surface area contributed by atoms with Crippen molar-refractivity contribution in [2.24, 2.45) is 71.0 Å². The largest absolute Gasteiger partial charge is 0.393 e. The Morgan fingerprint density at radius 2 is 0.312 bits per heavy atom. The molecule has 18 rings (SSSR count). The molecule has 12 aliphatic rings. The third-order valence-electron chi connectivity index (χ3n) is 33.1. The van der Waals surface area contributed by atoms with Crippen molar-refractivity contribution in [3.63, 3.8) is 0 Å². The first-order valence-corrected chi connectivity index (χ1v) is 52.9. The molecule has 768 valence electrons. The summed E-state index contributed by atoms with van der Waals surface area (Å²) in [6, 6.07) is 26.0. The van der Waals surface area contributed by atoms with Crippen molar-refractivity contribution in [3.8, 4) is 0 Å². The zero-order chi connectivity index (χ0) is 99.4. The first-order valence-electron chi connectivity index (χ1n) is 52.9. The van der Waals surface area contributed by atoms with Gasteiger partial charge in [0, 0.05) is 115 Å². The maximum absolute atomic E-state index is 10.6. The van der Waals surface area contributed by atoms with Crippen LogP contribution in [0.15, 0.2) is 72.8 Å². The molecule has 0 bridgehead atoms. The van der Waals surface area contributed by atoms with E-state index in [1.54, 1.807) is 0 Å². The minimum Gasteiger partial charge on any atom is -0.393 e. The Labute approximate surface area is 823 Å². The second-order valence-electron chi connectivity index (χ2n) is 45.5. The second-order valence-corrected chi connectivity index (χ2v) is 45.5. The molecule has 0 aromatic heterocycles. The van der Waals surface area contributed by atoms with Gasteiger partial charge in [-0.2, -0.15) is 0 Å². The second kappa shape index (κ2) is 50.4. The Balaban J connectivity index is 0.000000140. The van der Waals surface area contributed by atoms with E-state index in [1.165, 1.54) is 66.8 Å². The molecule has 0 amide bonds. The van der Waals surface area contributed by atoms with Crippen molar-refractivity contribution in [2.75, 3.05) is 78.5 Å². The van der Waals surface area contributed by atoms with E-state index in [9.17, 15) is 91.9 Å². The number of nitrogens with zero attached hydrogens (tertiary/aromatic N) is 6. The van der Waals surface area contributed by atoms with E-state index in [2.05, 4.69) is 112 Å². The third kappa shape index (κ3) is 26.2. The van der Waals surface area contributed by atoms with E-state index in [4.69, 9.17) is 0 Å². The van der Waals surface area contributed by atoms with E-state index < -0.39 is 0 Å². The fourth-order valence-corrected chi connectivity index (χ4v) is 26.2. The van der Waals surface area contributed by atoms with Gasteiger partial charge in [0.05, 0.1) is 116 Å². The van der Waals surface area contributed by atoms with E-state index in [-0.39, 0.29) is 152 Å². The maximum atomic E-state index is 10.6. The zero-order valence-corrected chi connectivity index (χ0v) is 85.2. The van der Waals surface area contributed by atoms with Crippen LogP contribution in [0.3, 0.4) is 0 Å². The SMILES string of the molecule is CC(C)C[C@@H]1CN2CCc3cc(CO)c(CO)cc3[C@@H]2C[C@H]1O.CC(C)C[C@@H]1CN2CCc3cc(CO)c(CO)cc3[C@H]2C[C@@H]1O.CC(C)C[C@@H]1CN2CCc3cc(CO)c(CO)cc3[C@H]2C[C@H]1O.CC(C)C[C@H]1CN2CCc3cc(CO)c(CO)cc3[C@@H]2C[C@@H]1O.CC(C)C[C@H]1CN2CCc3cc(CO)c(CO)cc3[C@@H]2C[C@H]1O.CC(C)C[C@H]1CN2CCc3cc(CO)c(CO)cc3[C@H]2C[C@@H]1O. The highest BCUT2D eigenvalue weighted by Crippen LogP contribution is 2.49. The fourth-order valence-electron chi connectivity index (χ4n) is 26.2. The lowest BCUT2D eigenvalue weighted by atomic mass is 9.78. The molecule has 6 fully saturated rings. The standard InChI is InChI=1S/6C19H29NO3/c6*1-12(2)5-14-9-20-4-3-13-6-15(10-21)16(11-22)7-17(13)18(20)8-19(14)23/h6*6-7,12,14,18-19,21-23H,3-5,8-11H2,1-2H3/t2*14-,18+,19-;2*14-,18-,19+;2*14-,18-,19-/m101010/s1.